The highest BCUT2D eigenvalue weighted by molar-refractivity contribution is 9.10. The molecular weight excluding hydrogens is 454 g/mol. The lowest BCUT2D eigenvalue weighted by molar-refractivity contribution is -0.115. The monoisotopic (exact) mass is 481 g/mol. The summed E-state index contributed by atoms with van der Waals surface area (Å²) in [6.45, 7) is 8.54. The first-order valence-electron chi connectivity index (χ1n) is 9.58. The highest BCUT2D eigenvalue weighted by atomic mass is 79.9. The van der Waals surface area contributed by atoms with Crippen molar-refractivity contribution in [1.29, 1.82) is 0 Å². The van der Waals surface area contributed by atoms with Gasteiger partial charge in [0.1, 0.15) is 0 Å². The minimum Gasteiger partial charge on any atom is -0.325 e. The van der Waals surface area contributed by atoms with Gasteiger partial charge in [0, 0.05) is 29.3 Å². The molecule has 2 rings (SSSR count). The second-order valence-corrected chi connectivity index (χ2v) is 9.62. The Morgan fingerprint density at radius 1 is 1.10 bits per heavy atom. The van der Waals surface area contributed by atoms with E-state index in [9.17, 15) is 13.2 Å². The van der Waals surface area contributed by atoms with E-state index in [-0.39, 0.29) is 23.4 Å². The molecule has 0 heterocycles. The highest BCUT2D eigenvalue weighted by Crippen LogP contribution is 2.21. The number of carbonyl (C=O) groups is 1. The van der Waals surface area contributed by atoms with E-state index in [1.165, 1.54) is 4.31 Å². The molecule has 2 N–H and O–H groups in total. The number of hydrogen-bond acceptors (Lipinski definition) is 4. The summed E-state index contributed by atoms with van der Waals surface area (Å²) in [4.78, 5) is 12.5. The molecule has 1 atom stereocenters. The van der Waals surface area contributed by atoms with Gasteiger partial charge in [0.2, 0.25) is 15.9 Å². The van der Waals surface area contributed by atoms with Gasteiger partial charge in [0.25, 0.3) is 0 Å². The highest BCUT2D eigenvalue weighted by Gasteiger charge is 2.21. The Morgan fingerprint density at radius 2 is 1.72 bits per heavy atom. The summed E-state index contributed by atoms with van der Waals surface area (Å²) in [6, 6.07) is 12.4. The smallest absolute Gasteiger partial charge is 0.243 e. The lowest BCUT2D eigenvalue weighted by Crippen LogP contribution is -2.31. The minimum absolute atomic E-state index is 0.100. The van der Waals surface area contributed by atoms with Crippen molar-refractivity contribution in [2.75, 3.05) is 25.0 Å². The standard InChI is InChI=1S/C21H28BrN3O3S/c1-5-25(6-2)29(27,28)19-10-7-17(8-11-19)16(4)23-14-21(26)24-20-12-9-18(22)13-15(20)3/h7-13,16,23H,5-6,14H2,1-4H3,(H,24,26)/t16-/m1/s1. The van der Waals surface area contributed by atoms with Crippen molar-refractivity contribution < 1.29 is 13.2 Å². The lowest BCUT2D eigenvalue weighted by Gasteiger charge is -2.19. The molecule has 0 aliphatic heterocycles. The van der Waals surface area contributed by atoms with Gasteiger partial charge in [0.05, 0.1) is 11.4 Å². The van der Waals surface area contributed by atoms with Crippen LogP contribution in [-0.2, 0) is 14.8 Å². The number of anilines is 1. The molecule has 0 saturated heterocycles. The maximum atomic E-state index is 12.6. The maximum absolute atomic E-state index is 12.6. The Hall–Kier alpha value is -1.74. The molecule has 0 unspecified atom stereocenters. The molecule has 8 heteroatoms. The summed E-state index contributed by atoms with van der Waals surface area (Å²) in [5.41, 5.74) is 2.67. The number of nitrogens with zero attached hydrogens (tertiary/aromatic N) is 1. The Bertz CT molecular complexity index is 942. The fourth-order valence-electron chi connectivity index (χ4n) is 2.97. The second-order valence-electron chi connectivity index (χ2n) is 6.77. The van der Waals surface area contributed by atoms with Crippen molar-refractivity contribution >= 4 is 37.5 Å². The molecule has 29 heavy (non-hydrogen) atoms. The average molecular weight is 482 g/mol. The van der Waals surface area contributed by atoms with Gasteiger partial charge in [-0.1, -0.05) is 41.9 Å². The molecule has 0 fully saturated rings. The van der Waals surface area contributed by atoms with Crippen LogP contribution in [0.15, 0.2) is 51.8 Å². The van der Waals surface area contributed by atoms with E-state index >= 15 is 0 Å². The first kappa shape index (κ1) is 23.5. The third-order valence-corrected chi connectivity index (χ3v) is 7.31. The molecular formula is C21H28BrN3O3S. The number of amides is 1. The van der Waals surface area contributed by atoms with Crippen LogP contribution < -0.4 is 10.6 Å². The molecule has 1 amide bonds. The van der Waals surface area contributed by atoms with Crippen LogP contribution in [0, 0.1) is 6.92 Å². The zero-order chi connectivity index (χ0) is 21.6. The van der Waals surface area contributed by atoms with E-state index in [1.807, 2.05) is 45.9 Å². The number of rotatable bonds is 9. The van der Waals surface area contributed by atoms with Crippen molar-refractivity contribution in [2.45, 2.75) is 38.6 Å². The van der Waals surface area contributed by atoms with Crippen molar-refractivity contribution in [3.05, 3.63) is 58.1 Å². The summed E-state index contributed by atoms with van der Waals surface area (Å²) >= 11 is 3.41. The van der Waals surface area contributed by atoms with Crippen LogP contribution in [0.5, 0.6) is 0 Å². The van der Waals surface area contributed by atoms with Gasteiger partial charge in [-0.05, 0) is 55.3 Å². The van der Waals surface area contributed by atoms with Crippen LogP contribution in [0.1, 0.15) is 37.9 Å². The zero-order valence-electron chi connectivity index (χ0n) is 17.2. The van der Waals surface area contributed by atoms with Crippen LogP contribution in [0.4, 0.5) is 5.69 Å². The van der Waals surface area contributed by atoms with Gasteiger partial charge in [0.15, 0.2) is 0 Å². The van der Waals surface area contributed by atoms with Gasteiger partial charge in [-0.2, -0.15) is 4.31 Å². The van der Waals surface area contributed by atoms with E-state index in [2.05, 4.69) is 26.6 Å². The number of nitrogens with one attached hydrogen (secondary N) is 2. The van der Waals surface area contributed by atoms with E-state index in [4.69, 9.17) is 0 Å². The van der Waals surface area contributed by atoms with E-state index in [0.717, 1.165) is 21.3 Å². The Balaban J connectivity index is 1.97. The first-order valence-corrected chi connectivity index (χ1v) is 11.8. The molecule has 0 radical (unpaired) electrons. The molecule has 0 bridgehead atoms. The maximum Gasteiger partial charge on any atom is 0.243 e. The molecule has 0 saturated carbocycles. The molecule has 2 aromatic rings. The predicted octanol–water partition coefficient (Wildman–Crippen LogP) is 4.08. The fraction of sp³-hybridized carbons (Fsp3) is 0.381. The Kier molecular flexibility index (Phi) is 8.39. The van der Waals surface area contributed by atoms with Gasteiger partial charge in [-0.15, -0.1) is 0 Å². The lowest BCUT2D eigenvalue weighted by atomic mass is 10.1. The summed E-state index contributed by atoms with van der Waals surface area (Å²) in [7, 11) is -3.47. The first-order chi connectivity index (χ1) is 13.7. The predicted molar refractivity (Wildman–Crippen MR) is 120 cm³/mol. The molecule has 6 nitrogen and oxygen atoms in total. The third kappa shape index (κ3) is 6.12. The van der Waals surface area contributed by atoms with Crippen molar-refractivity contribution in [2.24, 2.45) is 0 Å². The van der Waals surface area contributed by atoms with Gasteiger partial charge in [-0.25, -0.2) is 8.42 Å². The summed E-state index contributed by atoms with van der Waals surface area (Å²) in [5.74, 6) is -0.136. The quantitative estimate of drug-likeness (QED) is 0.565. The number of hydrogen-bond donors (Lipinski definition) is 2. The molecule has 0 spiro atoms. The number of sulfonamides is 1. The third-order valence-electron chi connectivity index (χ3n) is 4.75. The number of aryl methyl sites for hydroxylation is 1. The van der Waals surface area contributed by atoms with Crippen molar-refractivity contribution in [3.8, 4) is 0 Å². The summed E-state index contributed by atoms with van der Waals surface area (Å²) < 4.78 is 27.5. The summed E-state index contributed by atoms with van der Waals surface area (Å²) in [6.07, 6.45) is 0. The molecule has 0 aliphatic rings. The molecule has 0 aromatic heterocycles. The van der Waals surface area contributed by atoms with E-state index in [1.54, 1.807) is 24.3 Å². The SMILES string of the molecule is CCN(CC)S(=O)(=O)c1ccc([C@@H](C)NCC(=O)Nc2ccc(Br)cc2C)cc1. The number of benzene rings is 2. The van der Waals surface area contributed by atoms with Crippen molar-refractivity contribution in [1.82, 2.24) is 9.62 Å². The zero-order valence-corrected chi connectivity index (χ0v) is 19.6. The molecule has 2 aromatic carbocycles. The Morgan fingerprint density at radius 3 is 2.28 bits per heavy atom. The van der Waals surface area contributed by atoms with Crippen LogP contribution in [0.25, 0.3) is 0 Å². The topological polar surface area (TPSA) is 78.5 Å². The van der Waals surface area contributed by atoms with E-state index in [0.29, 0.717) is 13.1 Å². The van der Waals surface area contributed by atoms with Crippen molar-refractivity contribution in [3.63, 3.8) is 0 Å². The van der Waals surface area contributed by atoms with Crippen LogP contribution in [0.3, 0.4) is 0 Å². The van der Waals surface area contributed by atoms with E-state index < -0.39 is 10.0 Å². The van der Waals surface area contributed by atoms with Crippen LogP contribution in [-0.4, -0.2) is 38.3 Å². The Labute approximate surface area is 181 Å². The second kappa shape index (κ2) is 10.3. The molecule has 0 aliphatic carbocycles. The minimum atomic E-state index is -3.47. The summed E-state index contributed by atoms with van der Waals surface area (Å²) in [5, 5.41) is 6.06. The van der Waals surface area contributed by atoms with Crippen LogP contribution >= 0.6 is 15.9 Å². The largest absolute Gasteiger partial charge is 0.325 e. The average Bonchev–Trinajstić information content (AvgIpc) is 2.69. The normalized spacial score (nSPS) is 12.8. The van der Waals surface area contributed by atoms with Gasteiger partial charge < -0.3 is 10.6 Å². The number of halogens is 1. The molecule has 158 valence electrons. The van der Waals surface area contributed by atoms with Crippen LogP contribution in [0.2, 0.25) is 0 Å². The van der Waals surface area contributed by atoms with Gasteiger partial charge >= 0.3 is 0 Å². The number of carbonyl (C=O) groups excluding carboxylic acids is 1. The fourth-order valence-corrected chi connectivity index (χ4v) is 4.90. The van der Waals surface area contributed by atoms with Gasteiger partial charge in [-0.3, -0.25) is 4.79 Å².